The molecule has 0 saturated carbocycles. The molecule has 1 atom stereocenters. The number of benzene rings is 1. The Hall–Kier alpha value is -2.15. The maximum atomic E-state index is 11.9. The number of fused-ring (bicyclic) bond motifs is 1. The highest BCUT2D eigenvalue weighted by molar-refractivity contribution is 7.22. The van der Waals surface area contributed by atoms with Gasteiger partial charge in [0.25, 0.3) is 0 Å². The van der Waals surface area contributed by atoms with Crippen molar-refractivity contribution >= 4 is 38.7 Å². The molecule has 0 fully saturated rings. The maximum absolute atomic E-state index is 11.9. The van der Waals surface area contributed by atoms with Crippen LogP contribution < -0.4 is 5.32 Å². The summed E-state index contributed by atoms with van der Waals surface area (Å²) in [5.41, 5.74) is 1.04. The third-order valence-corrected chi connectivity index (χ3v) is 4.09. The van der Waals surface area contributed by atoms with Gasteiger partial charge in [0.15, 0.2) is 5.13 Å². The van der Waals surface area contributed by atoms with E-state index in [0.29, 0.717) is 11.7 Å². The van der Waals surface area contributed by atoms with Gasteiger partial charge in [-0.05, 0) is 52.3 Å². The topological polar surface area (TPSA) is 77.5 Å². The van der Waals surface area contributed by atoms with Gasteiger partial charge in [0.05, 0.1) is 22.7 Å². The number of amides is 1. The molecular weight excluding hydrogens is 328 g/mol. The van der Waals surface area contributed by atoms with Gasteiger partial charge < -0.3 is 9.47 Å². The molecule has 2 rings (SSSR count). The highest BCUT2D eigenvalue weighted by Crippen LogP contribution is 2.29. The van der Waals surface area contributed by atoms with Crippen LogP contribution in [0.4, 0.5) is 9.93 Å². The molecule has 1 amide bonds. The van der Waals surface area contributed by atoms with Gasteiger partial charge in [-0.2, -0.15) is 0 Å². The molecule has 6 nitrogen and oxygen atoms in total. The first-order chi connectivity index (χ1) is 11.2. The minimum atomic E-state index is -0.566. The average molecular weight is 350 g/mol. The smallest absolute Gasteiger partial charge is 0.413 e. The lowest BCUT2D eigenvalue weighted by Gasteiger charge is -2.18. The number of nitrogens with zero attached hydrogens (tertiary/aromatic N) is 1. The predicted molar refractivity (Wildman–Crippen MR) is 94.5 cm³/mol. The summed E-state index contributed by atoms with van der Waals surface area (Å²) in [6.07, 6.45) is -0.540. The first-order valence-corrected chi connectivity index (χ1v) is 8.58. The third-order valence-electron chi connectivity index (χ3n) is 3.16. The van der Waals surface area contributed by atoms with Gasteiger partial charge in [0.2, 0.25) is 0 Å². The first kappa shape index (κ1) is 18.2. The van der Waals surface area contributed by atoms with E-state index < -0.39 is 11.7 Å². The normalized spacial score (nSPS) is 12.7. The molecule has 24 heavy (non-hydrogen) atoms. The van der Waals surface area contributed by atoms with Gasteiger partial charge in [0, 0.05) is 0 Å². The Morgan fingerprint density at radius 3 is 2.67 bits per heavy atom. The van der Waals surface area contributed by atoms with Gasteiger partial charge in [-0.1, -0.05) is 17.4 Å². The molecule has 1 aromatic carbocycles. The van der Waals surface area contributed by atoms with E-state index in [9.17, 15) is 9.59 Å². The molecule has 0 bridgehead atoms. The summed E-state index contributed by atoms with van der Waals surface area (Å²) in [6, 6.07) is 5.58. The molecule has 7 heteroatoms. The summed E-state index contributed by atoms with van der Waals surface area (Å²) >= 11 is 1.33. The van der Waals surface area contributed by atoms with E-state index in [-0.39, 0.29) is 11.9 Å². The number of esters is 1. The molecule has 1 aromatic heterocycles. The van der Waals surface area contributed by atoms with Crippen LogP contribution in [-0.4, -0.2) is 29.3 Å². The van der Waals surface area contributed by atoms with E-state index in [0.717, 1.165) is 15.8 Å². The van der Waals surface area contributed by atoms with Crippen LogP contribution in [0.2, 0.25) is 0 Å². The van der Waals surface area contributed by atoms with E-state index in [1.54, 1.807) is 34.6 Å². The summed E-state index contributed by atoms with van der Waals surface area (Å²) in [5, 5.41) is 3.09. The minimum absolute atomic E-state index is 0.256. The number of rotatable bonds is 4. The van der Waals surface area contributed by atoms with Gasteiger partial charge in [-0.25, -0.2) is 9.78 Å². The Balaban J connectivity index is 2.17. The van der Waals surface area contributed by atoms with Crippen LogP contribution in [-0.2, 0) is 14.3 Å². The Labute approximate surface area is 145 Å². The monoisotopic (exact) mass is 350 g/mol. The summed E-state index contributed by atoms with van der Waals surface area (Å²) in [5.74, 6) is -0.604. The van der Waals surface area contributed by atoms with Crippen molar-refractivity contribution in [2.45, 2.75) is 46.1 Å². The van der Waals surface area contributed by atoms with Crippen molar-refractivity contribution in [2.24, 2.45) is 0 Å². The molecule has 0 saturated heterocycles. The van der Waals surface area contributed by atoms with E-state index in [4.69, 9.17) is 9.47 Å². The predicted octanol–water partition coefficient (Wildman–Crippen LogP) is 4.31. The second kappa shape index (κ2) is 7.17. The standard InChI is InChI=1S/C17H22N2O4S/c1-6-22-14(20)10(2)11-7-8-12-13(9-11)24-15(18-12)19-16(21)23-17(3,4)5/h7-10H,6H2,1-5H3,(H,18,19,21). The second-order valence-electron chi connectivity index (χ2n) is 6.35. The van der Waals surface area contributed by atoms with Crippen LogP contribution in [0, 0.1) is 0 Å². The fraction of sp³-hybridized carbons (Fsp3) is 0.471. The molecule has 0 aliphatic rings. The summed E-state index contributed by atoms with van der Waals surface area (Å²) in [6.45, 7) is 9.34. The fourth-order valence-electron chi connectivity index (χ4n) is 2.06. The number of anilines is 1. The largest absolute Gasteiger partial charge is 0.466 e. The van der Waals surface area contributed by atoms with Gasteiger partial charge in [0.1, 0.15) is 5.60 Å². The number of ether oxygens (including phenoxy) is 2. The third kappa shape index (κ3) is 4.67. The van der Waals surface area contributed by atoms with Crippen molar-refractivity contribution in [2.75, 3.05) is 11.9 Å². The summed E-state index contributed by atoms with van der Waals surface area (Å²) in [7, 11) is 0. The van der Waals surface area contributed by atoms with Crippen LogP contribution in [0.1, 0.15) is 46.1 Å². The molecular formula is C17H22N2O4S. The van der Waals surface area contributed by atoms with Crippen molar-refractivity contribution in [1.82, 2.24) is 4.98 Å². The molecule has 0 aliphatic carbocycles. The Bertz CT molecular complexity index is 749. The van der Waals surface area contributed by atoms with Crippen molar-refractivity contribution in [1.29, 1.82) is 0 Å². The van der Waals surface area contributed by atoms with E-state index in [1.165, 1.54) is 11.3 Å². The molecule has 130 valence electrons. The van der Waals surface area contributed by atoms with E-state index >= 15 is 0 Å². The maximum Gasteiger partial charge on any atom is 0.413 e. The number of hydrogen-bond donors (Lipinski definition) is 1. The Morgan fingerprint density at radius 1 is 1.33 bits per heavy atom. The quantitative estimate of drug-likeness (QED) is 0.831. The van der Waals surface area contributed by atoms with Crippen LogP contribution >= 0.6 is 11.3 Å². The summed E-state index contributed by atoms with van der Waals surface area (Å²) < 4.78 is 11.1. The molecule has 0 aliphatic heterocycles. The van der Waals surface area contributed by atoms with Gasteiger partial charge in [-0.3, -0.25) is 10.1 Å². The zero-order chi connectivity index (χ0) is 17.9. The second-order valence-corrected chi connectivity index (χ2v) is 7.38. The SMILES string of the molecule is CCOC(=O)C(C)c1ccc2nc(NC(=O)OC(C)(C)C)sc2c1. The lowest BCUT2D eigenvalue weighted by atomic mass is 10.0. The highest BCUT2D eigenvalue weighted by atomic mass is 32.1. The Kier molecular flexibility index (Phi) is 5.43. The van der Waals surface area contributed by atoms with E-state index in [1.807, 2.05) is 18.2 Å². The van der Waals surface area contributed by atoms with Crippen LogP contribution in [0.25, 0.3) is 10.2 Å². The van der Waals surface area contributed by atoms with Gasteiger partial charge >= 0.3 is 12.1 Å². The molecule has 2 aromatic rings. The molecule has 1 unspecified atom stereocenters. The number of thiazole rings is 1. The molecule has 0 radical (unpaired) electrons. The first-order valence-electron chi connectivity index (χ1n) is 7.76. The zero-order valence-corrected chi connectivity index (χ0v) is 15.3. The number of carbonyl (C=O) groups excluding carboxylic acids is 2. The Morgan fingerprint density at radius 2 is 2.04 bits per heavy atom. The number of carbonyl (C=O) groups is 2. The number of aromatic nitrogens is 1. The van der Waals surface area contributed by atoms with Gasteiger partial charge in [-0.15, -0.1) is 0 Å². The lowest BCUT2D eigenvalue weighted by Crippen LogP contribution is -2.27. The highest BCUT2D eigenvalue weighted by Gasteiger charge is 2.19. The fourth-order valence-corrected chi connectivity index (χ4v) is 2.96. The van der Waals surface area contributed by atoms with Crippen molar-refractivity contribution in [3.8, 4) is 0 Å². The molecule has 1 N–H and O–H groups in total. The zero-order valence-electron chi connectivity index (χ0n) is 14.5. The summed E-state index contributed by atoms with van der Waals surface area (Å²) in [4.78, 5) is 28.0. The molecule has 0 spiro atoms. The van der Waals surface area contributed by atoms with E-state index in [2.05, 4.69) is 10.3 Å². The number of hydrogen-bond acceptors (Lipinski definition) is 6. The van der Waals surface area contributed by atoms with Crippen molar-refractivity contribution in [3.63, 3.8) is 0 Å². The van der Waals surface area contributed by atoms with Crippen LogP contribution in [0.3, 0.4) is 0 Å². The molecule has 1 heterocycles. The average Bonchev–Trinajstić information content (AvgIpc) is 2.85. The minimum Gasteiger partial charge on any atom is -0.466 e. The van der Waals surface area contributed by atoms with Crippen molar-refractivity contribution < 1.29 is 19.1 Å². The van der Waals surface area contributed by atoms with Crippen LogP contribution in [0.15, 0.2) is 18.2 Å². The van der Waals surface area contributed by atoms with Crippen molar-refractivity contribution in [3.05, 3.63) is 23.8 Å². The van der Waals surface area contributed by atoms with Crippen LogP contribution in [0.5, 0.6) is 0 Å². The number of nitrogens with one attached hydrogen (secondary N) is 1. The lowest BCUT2D eigenvalue weighted by molar-refractivity contribution is -0.144.